The Kier molecular flexibility index (Phi) is 5.48. The summed E-state index contributed by atoms with van der Waals surface area (Å²) in [6.07, 6.45) is 0.733. The van der Waals surface area contributed by atoms with E-state index in [9.17, 15) is 4.79 Å². The Labute approximate surface area is 113 Å². The number of carbonyl (C=O) groups is 1. The predicted molar refractivity (Wildman–Crippen MR) is 74.5 cm³/mol. The van der Waals surface area contributed by atoms with Crippen LogP contribution in [0.1, 0.15) is 37.6 Å². The summed E-state index contributed by atoms with van der Waals surface area (Å²) in [6, 6.07) is 7.12. The molecule has 0 bridgehead atoms. The number of ether oxygens (including phenoxy) is 1. The number of nitrogens with one attached hydrogen (secondary N) is 1. The minimum atomic E-state index is -0.294. The van der Waals surface area contributed by atoms with Crippen molar-refractivity contribution in [2.75, 3.05) is 12.5 Å². The number of benzene rings is 1. The van der Waals surface area contributed by atoms with Crippen LogP contribution in [0.3, 0.4) is 0 Å². The highest BCUT2D eigenvalue weighted by atomic mass is 35.5. The fourth-order valence-corrected chi connectivity index (χ4v) is 2.02. The van der Waals surface area contributed by atoms with Crippen LogP contribution >= 0.6 is 11.6 Å². The van der Waals surface area contributed by atoms with Crippen molar-refractivity contribution < 1.29 is 9.53 Å². The Hall–Kier alpha value is -1.22. The van der Waals surface area contributed by atoms with Gasteiger partial charge in [0.05, 0.1) is 6.61 Å². The molecule has 1 aromatic carbocycles. The average Bonchev–Trinajstić information content (AvgIpc) is 2.29. The molecule has 1 rings (SSSR count). The van der Waals surface area contributed by atoms with Crippen LogP contribution in [-0.4, -0.2) is 23.9 Å². The quantitative estimate of drug-likeness (QED) is 0.806. The van der Waals surface area contributed by atoms with E-state index in [1.54, 1.807) is 24.3 Å². The molecule has 0 fully saturated rings. The molecule has 18 heavy (non-hydrogen) atoms. The molecular formula is C14H20ClNO2. The first kappa shape index (κ1) is 14.8. The van der Waals surface area contributed by atoms with Gasteiger partial charge in [-0.2, -0.15) is 0 Å². The van der Waals surface area contributed by atoms with Crippen molar-refractivity contribution in [3.8, 4) is 5.75 Å². The molecular weight excluding hydrogens is 250 g/mol. The Morgan fingerprint density at radius 3 is 2.44 bits per heavy atom. The van der Waals surface area contributed by atoms with E-state index in [0.717, 1.165) is 12.2 Å². The Morgan fingerprint density at radius 2 is 1.94 bits per heavy atom. The van der Waals surface area contributed by atoms with Gasteiger partial charge in [0, 0.05) is 17.0 Å². The van der Waals surface area contributed by atoms with Gasteiger partial charge in [0.1, 0.15) is 5.75 Å². The van der Waals surface area contributed by atoms with Crippen molar-refractivity contribution in [3.05, 3.63) is 29.8 Å². The number of alkyl halides is 1. The van der Waals surface area contributed by atoms with Crippen LogP contribution in [0.4, 0.5) is 0 Å². The third-order valence-corrected chi connectivity index (χ3v) is 2.79. The largest absolute Gasteiger partial charge is 0.494 e. The van der Waals surface area contributed by atoms with Gasteiger partial charge in [0.25, 0.3) is 5.91 Å². The van der Waals surface area contributed by atoms with Crippen LogP contribution in [0.2, 0.25) is 0 Å². The van der Waals surface area contributed by atoms with Crippen molar-refractivity contribution in [1.82, 2.24) is 5.32 Å². The maximum absolute atomic E-state index is 12.0. The fourth-order valence-electron chi connectivity index (χ4n) is 1.55. The van der Waals surface area contributed by atoms with E-state index in [2.05, 4.69) is 5.32 Å². The second-order valence-corrected chi connectivity index (χ2v) is 5.11. The number of rotatable bonds is 6. The summed E-state index contributed by atoms with van der Waals surface area (Å²) < 4.78 is 5.33. The molecule has 4 heteroatoms. The lowest BCUT2D eigenvalue weighted by atomic mass is 10.0. The highest BCUT2D eigenvalue weighted by Crippen LogP contribution is 2.14. The van der Waals surface area contributed by atoms with Crippen molar-refractivity contribution in [1.29, 1.82) is 0 Å². The minimum Gasteiger partial charge on any atom is -0.494 e. The maximum Gasteiger partial charge on any atom is 0.251 e. The molecule has 0 saturated heterocycles. The number of hydrogen-bond donors (Lipinski definition) is 1. The number of halogens is 1. The van der Waals surface area contributed by atoms with Gasteiger partial charge in [-0.05, 0) is 51.5 Å². The molecule has 0 aliphatic heterocycles. The van der Waals surface area contributed by atoms with Gasteiger partial charge >= 0.3 is 0 Å². The Morgan fingerprint density at radius 1 is 1.33 bits per heavy atom. The van der Waals surface area contributed by atoms with E-state index < -0.39 is 0 Å². The molecule has 100 valence electrons. The van der Waals surface area contributed by atoms with Crippen LogP contribution in [0.25, 0.3) is 0 Å². The zero-order valence-corrected chi connectivity index (χ0v) is 11.9. The number of amides is 1. The fraction of sp³-hybridized carbons (Fsp3) is 0.500. The summed E-state index contributed by atoms with van der Waals surface area (Å²) in [5.74, 6) is 1.21. The van der Waals surface area contributed by atoms with E-state index in [0.29, 0.717) is 18.1 Å². The molecule has 3 nitrogen and oxygen atoms in total. The van der Waals surface area contributed by atoms with E-state index in [-0.39, 0.29) is 11.4 Å². The third kappa shape index (κ3) is 4.57. The van der Waals surface area contributed by atoms with E-state index >= 15 is 0 Å². The molecule has 0 spiro atoms. The lowest BCUT2D eigenvalue weighted by Crippen LogP contribution is -2.43. The topological polar surface area (TPSA) is 38.3 Å². The maximum atomic E-state index is 12.0. The van der Waals surface area contributed by atoms with Crippen LogP contribution in [0.5, 0.6) is 5.75 Å². The number of carbonyl (C=O) groups excluding carboxylic acids is 1. The monoisotopic (exact) mass is 269 g/mol. The van der Waals surface area contributed by atoms with E-state index in [4.69, 9.17) is 16.3 Å². The van der Waals surface area contributed by atoms with Crippen molar-refractivity contribution in [2.45, 2.75) is 32.7 Å². The summed E-state index contributed by atoms with van der Waals surface area (Å²) >= 11 is 5.70. The molecule has 0 atom stereocenters. The van der Waals surface area contributed by atoms with Gasteiger partial charge in [-0.3, -0.25) is 4.79 Å². The van der Waals surface area contributed by atoms with Gasteiger partial charge in [-0.25, -0.2) is 0 Å². The first-order valence-electron chi connectivity index (χ1n) is 6.10. The van der Waals surface area contributed by atoms with Crippen LogP contribution in [0, 0.1) is 0 Å². The third-order valence-electron chi connectivity index (χ3n) is 2.60. The summed E-state index contributed by atoms with van der Waals surface area (Å²) in [6.45, 7) is 6.47. The lowest BCUT2D eigenvalue weighted by Gasteiger charge is -2.25. The minimum absolute atomic E-state index is 0.0897. The molecule has 1 amide bonds. The summed E-state index contributed by atoms with van der Waals surface area (Å²) in [4.78, 5) is 12.0. The van der Waals surface area contributed by atoms with Gasteiger partial charge in [0.2, 0.25) is 0 Å². The van der Waals surface area contributed by atoms with Crippen molar-refractivity contribution in [3.63, 3.8) is 0 Å². The molecule has 0 unspecified atom stereocenters. The van der Waals surface area contributed by atoms with Gasteiger partial charge in [0.15, 0.2) is 0 Å². The molecule has 0 aromatic heterocycles. The summed E-state index contributed by atoms with van der Waals surface area (Å²) in [7, 11) is 0. The second-order valence-electron chi connectivity index (χ2n) is 4.73. The number of hydrogen-bond acceptors (Lipinski definition) is 2. The predicted octanol–water partition coefficient (Wildman–Crippen LogP) is 3.22. The molecule has 0 saturated carbocycles. The summed E-state index contributed by atoms with van der Waals surface area (Å²) in [5.41, 5.74) is 0.332. The normalized spacial score (nSPS) is 11.1. The van der Waals surface area contributed by atoms with Crippen LogP contribution < -0.4 is 10.1 Å². The zero-order chi connectivity index (χ0) is 13.6. The van der Waals surface area contributed by atoms with Crippen LogP contribution in [0.15, 0.2) is 24.3 Å². The van der Waals surface area contributed by atoms with Crippen LogP contribution in [-0.2, 0) is 0 Å². The SMILES string of the molecule is CCOc1ccc(C(=O)NC(C)(C)CCCl)cc1. The average molecular weight is 270 g/mol. The standard InChI is InChI=1S/C14H20ClNO2/c1-4-18-12-7-5-11(6-8-12)13(17)16-14(2,3)9-10-15/h5-8H,4,9-10H2,1-3H3,(H,16,17). The molecule has 0 heterocycles. The molecule has 1 N–H and O–H groups in total. The molecule has 0 aliphatic carbocycles. The molecule has 0 aliphatic rings. The highest BCUT2D eigenvalue weighted by molar-refractivity contribution is 6.17. The van der Waals surface area contributed by atoms with Gasteiger partial charge < -0.3 is 10.1 Å². The van der Waals surface area contributed by atoms with E-state index in [1.165, 1.54) is 0 Å². The van der Waals surface area contributed by atoms with E-state index in [1.807, 2.05) is 20.8 Å². The van der Waals surface area contributed by atoms with Gasteiger partial charge in [-0.15, -0.1) is 11.6 Å². The first-order chi connectivity index (χ1) is 8.48. The Bertz CT molecular complexity index is 387. The molecule has 1 aromatic rings. The first-order valence-corrected chi connectivity index (χ1v) is 6.63. The molecule has 0 radical (unpaired) electrons. The zero-order valence-electron chi connectivity index (χ0n) is 11.1. The van der Waals surface area contributed by atoms with Gasteiger partial charge in [-0.1, -0.05) is 0 Å². The smallest absolute Gasteiger partial charge is 0.251 e. The summed E-state index contributed by atoms with van der Waals surface area (Å²) in [5, 5.41) is 2.96. The van der Waals surface area contributed by atoms with Crippen molar-refractivity contribution in [2.24, 2.45) is 0 Å². The highest BCUT2D eigenvalue weighted by Gasteiger charge is 2.20. The Balaban J connectivity index is 2.67. The lowest BCUT2D eigenvalue weighted by molar-refractivity contribution is 0.0911. The second kappa shape index (κ2) is 6.64. The van der Waals surface area contributed by atoms with Crippen molar-refractivity contribution >= 4 is 17.5 Å².